The molecule has 0 atom stereocenters. The Labute approximate surface area is 142 Å². The molecule has 0 aliphatic rings. The first-order valence-corrected chi connectivity index (χ1v) is 6.82. The molecule has 0 unspecified atom stereocenters. The highest BCUT2D eigenvalue weighted by Gasteiger charge is 2.09. The summed E-state index contributed by atoms with van der Waals surface area (Å²) in [5, 5.41) is 3.93. The van der Waals surface area contributed by atoms with Crippen molar-refractivity contribution in [3.63, 3.8) is 0 Å². The van der Waals surface area contributed by atoms with Crippen LogP contribution in [0.5, 0.6) is 0 Å². The number of aliphatic imine (C=N–C) groups is 1. The molecule has 0 fully saturated rings. The van der Waals surface area contributed by atoms with Gasteiger partial charge >= 0.3 is 0 Å². The number of hydrogen-bond donors (Lipinski definition) is 1. The second kappa shape index (κ2) is 10.3. The number of aromatic nitrogens is 1. The fourth-order valence-corrected chi connectivity index (χ4v) is 2.03. The van der Waals surface area contributed by atoms with Gasteiger partial charge in [-0.25, -0.2) is 0 Å². The van der Waals surface area contributed by atoms with E-state index in [0.717, 1.165) is 23.2 Å². The van der Waals surface area contributed by atoms with Gasteiger partial charge in [0.1, 0.15) is 0 Å². The average molecular weight is 417 g/mol. The molecule has 1 aromatic heterocycles. The van der Waals surface area contributed by atoms with E-state index in [2.05, 4.69) is 10.3 Å². The highest BCUT2D eigenvalue weighted by Crippen LogP contribution is 2.14. The molecule has 1 aromatic rings. The number of aryl methyl sites for hydroxylation is 1. The van der Waals surface area contributed by atoms with Crippen LogP contribution in [0.25, 0.3) is 0 Å². The molecule has 116 valence electrons. The summed E-state index contributed by atoms with van der Waals surface area (Å²) in [6.45, 7) is 3.66. The predicted octanol–water partition coefficient (Wildman–Crippen LogP) is 3.05. The third-order valence-corrected chi connectivity index (χ3v) is 2.93. The molecule has 0 bridgehead atoms. The first-order chi connectivity index (χ1) is 9.08. The molecule has 0 aromatic carbocycles. The second-order valence-corrected chi connectivity index (χ2v) is 4.83. The minimum atomic E-state index is -0.333. The summed E-state index contributed by atoms with van der Waals surface area (Å²) in [6.07, 6.45) is 2.33. The first kappa shape index (κ1) is 19.5. The molecular weight excluding hydrogens is 394 g/mol. The van der Waals surface area contributed by atoms with E-state index in [-0.39, 0.29) is 30.7 Å². The van der Waals surface area contributed by atoms with Gasteiger partial charge in [0.2, 0.25) is 0 Å². The van der Waals surface area contributed by atoms with Crippen molar-refractivity contribution in [2.24, 2.45) is 12.0 Å². The van der Waals surface area contributed by atoms with Crippen LogP contribution in [-0.4, -0.2) is 42.2 Å². The highest BCUT2D eigenvalue weighted by molar-refractivity contribution is 14.0. The van der Waals surface area contributed by atoms with Crippen molar-refractivity contribution in [1.29, 1.82) is 0 Å². The maximum atomic E-state index is 12.1. The van der Waals surface area contributed by atoms with Crippen molar-refractivity contribution >= 4 is 41.5 Å². The molecule has 1 rings (SSSR count). The molecule has 0 amide bonds. The summed E-state index contributed by atoms with van der Waals surface area (Å²) in [5.41, 5.74) is 1.10. The molecular formula is C13H23ClFIN4. The van der Waals surface area contributed by atoms with Gasteiger partial charge in [-0.1, -0.05) is 11.6 Å². The molecule has 4 nitrogen and oxygen atoms in total. The van der Waals surface area contributed by atoms with E-state index in [1.807, 2.05) is 42.7 Å². The van der Waals surface area contributed by atoms with Gasteiger partial charge in [-0.2, -0.15) is 0 Å². The van der Waals surface area contributed by atoms with Gasteiger partial charge in [0, 0.05) is 39.1 Å². The minimum absolute atomic E-state index is 0. The normalized spacial score (nSPS) is 11.2. The topological polar surface area (TPSA) is 32.6 Å². The van der Waals surface area contributed by atoms with Crippen LogP contribution in [0, 0.1) is 0 Å². The summed E-state index contributed by atoms with van der Waals surface area (Å²) >= 11 is 5.97. The van der Waals surface area contributed by atoms with Crippen molar-refractivity contribution in [1.82, 2.24) is 14.8 Å². The molecule has 1 N–H and O–H groups in total. The van der Waals surface area contributed by atoms with Gasteiger partial charge < -0.3 is 14.8 Å². The lowest BCUT2D eigenvalue weighted by atomic mass is 10.4. The molecule has 7 heteroatoms. The third kappa shape index (κ3) is 6.30. The van der Waals surface area contributed by atoms with E-state index in [1.165, 1.54) is 0 Å². The largest absolute Gasteiger partial charge is 0.357 e. The lowest BCUT2D eigenvalue weighted by molar-refractivity contribution is 0.454. The number of rotatable bonds is 6. The van der Waals surface area contributed by atoms with E-state index >= 15 is 0 Å². The summed E-state index contributed by atoms with van der Waals surface area (Å²) in [5.74, 6) is 0.785. The zero-order valence-corrected chi connectivity index (χ0v) is 15.3. The van der Waals surface area contributed by atoms with Gasteiger partial charge in [0.25, 0.3) is 0 Å². The van der Waals surface area contributed by atoms with Gasteiger partial charge in [-0.3, -0.25) is 9.38 Å². The Bertz CT molecular complexity index is 423. The Morgan fingerprint density at radius 2 is 2.25 bits per heavy atom. The predicted molar refractivity (Wildman–Crippen MR) is 93.9 cm³/mol. The van der Waals surface area contributed by atoms with Crippen LogP contribution < -0.4 is 5.32 Å². The van der Waals surface area contributed by atoms with Gasteiger partial charge in [-0.15, -0.1) is 24.0 Å². The van der Waals surface area contributed by atoms with E-state index in [0.29, 0.717) is 19.5 Å². The average Bonchev–Trinajstić information content (AvgIpc) is 2.67. The summed E-state index contributed by atoms with van der Waals surface area (Å²) in [6, 6.07) is 1.93. The Kier molecular flexibility index (Phi) is 10.0. The molecule has 0 saturated carbocycles. The van der Waals surface area contributed by atoms with Crippen molar-refractivity contribution in [2.45, 2.75) is 19.9 Å². The van der Waals surface area contributed by atoms with Gasteiger partial charge in [0.15, 0.2) is 5.96 Å². The van der Waals surface area contributed by atoms with Crippen LogP contribution in [0.2, 0.25) is 5.02 Å². The molecule has 20 heavy (non-hydrogen) atoms. The molecule has 0 aliphatic carbocycles. The van der Waals surface area contributed by atoms with E-state index in [4.69, 9.17) is 11.6 Å². The zero-order valence-electron chi connectivity index (χ0n) is 12.2. The summed E-state index contributed by atoms with van der Waals surface area (Å²) in [7, 11) is 3.92. The molecule has 1 heterocycles. The standard InChI is InChI=1S/C13H22ClFN4.HI/c1-4-16-13(17-7-5-6-15)19(3)10-12-8-11(14)9-18(12)2;/h8-9H,4-7,10H2,1-3H3,(H,16,17);1H. The molecule has 0 radical (unpaired) electrons. The fraction of sp³-hybridized carbons (Fsp3) is 0.615. The fourth-order valence-electron chi connectivity index (χ4n) is 1.76. The van der Waals surface area contributed by atoms with Gasteiger partial charge in [-0.05, 0) is 19.4 Å². The molecule has 0 aliphatic heterocycles. The molecule has 0 saturated heterocycles. The number of alkyl halides is 1. The number of hydrogen-bond acceptors (Lipinski definition) is 1. The Morgan fingerprint density at radius 1 is 1.55 bits per heavy atom. The number of nitrogens with one attached hydrogen (secondary N) is 1. The van der Waals surface area contributed by atoms with E-state index in [9.17, 15) is 4.39 Å². The Balaban J connectivity index is 0.00000361. The lowest BCUT2D eigenvalue weighted by Gasteiger charge is -2.22. The van der Waals surface area contributed by atoms with Crippen LogP contribution in [0.4, 0.5) is 4.39 Å². The maximum Gasteiger partial charge on any atom is 0.194 e. The highest BCUT2D eigenvalue weighted by atomic mass is 127. The first-order valence-electron chi connectivity index (χ1n) is 6.44. The van der Waals surface area contributed by atoms with Crippen molar-refractivity contribution in [2.75, 3.05) is 26.8 Å². The third-order valence-electron chi connectivity index (χ3n) is 2.72. The maximum absolute atomic E-state index is 12.1. The van der Waals surface area contributed by atoms with Crippen LogP contribution in [0.15, 0.2) is 17.3 Å². The second-order valence-electron chi connectivity index (χ2n) is 4.39. The van der Waals surface area contributed by atoms with Crippen LogP contribution in [0.3, 0.4) is 0 Å². The van der Waals surface area contributed by atoms with Crippen LogP contribution >= 0.6 is 35.6 Å². The number of guanidine groups is 1. The quantitative estimate of drug-likeness (QED) is 0.335. The SMILES string of the molecule is CCNC(=NCCCF)N(C)Cc1cc(Cl)cn1C.I. The van der Waals surface area contributed by atoms with E-state index < -0.39 is 0 Å². The van der Waals surface area contributed by atoms with Gasteiger partial charge in [0.05, 0.1) is 18.2 Å². The Morgan fingerprint density at radius 3 is 2.75 bits per heavy atom. The van der Waals surface area contributed by atoms with Crippen LogP contribution in [0.1, 0.15) is 19.0 Å². The number of nitrogens with zero attached hydrogens (tertiary/aromatic N) is 3. The van der Waals surface area contributed by atoms with Crippen molar-refractivity contribution < 1.29 is 4.39 Å². The summed E-state index contributed by atoms with van der Waals surface area (Å²) in [4.78, 5) is 6.39. The number of halogens is 3. The van der Waals surface area contributed by atoms with E-state index in [1.54, 1.807) is 0 Å². The van der Waals surface area contributed by atoms with Crippen molar-refractivity contribution in [3.8, 4) is 0 Å². The Hall–Kier alpha value is -0.500. The zero-order chi connectivity index (χ0) is 14.3. The minimum Gasteiger partial charge on any atom is -0.357 e. The van der Waals surface area contributed by atoms with Crippen molar-refractivity contribution in [3.05, 3.63) is 23.0 Å². The summed E-state index contributed by atoms with van der Waals surface area (Å²) < 4.78 is 14.1. The van der Waals surface area contributed by atoms with Crippen LogP contribution in [-0.2, 0) is 13.6 Å². The molecule has 0 spiro atoms. The smallest absolute Gasteiger partial charge is 0.194 e. The monoisotopic (exact) mass is 416 g/mol. The lowest BCUT2D eigenvalue weighted by Crippen LogP contribution is -2.38.